The number of halogens is 2. The largest absolute Gasteiger partial charge is 0.114 e. The monoisotopic (exact) mass is 176 g/mol. The zero-order valence-electron chi connectivity index (χ0n) is 6.07. The van der Waals surface area contributed by atoms with E-state index in [2.05, 4.69) is 6.92 Å². The van der Waals surface area contributed by atoms with Crippen LogP contribution in [-0.4, -0.2) is 4.87 Å². The van der Waals surface area contributed by atoms with E-state index >= 15 is 0 Å². The molecule has 0 aromatic rings. The Kier molecular flexibility index (Phi) is 2.12. The van der Waals surface area contributed by atoms with Gasteiger partial charge in [0.2, 0.25) is 0 Å². The van der Waals surface area contributed by atoms with Crippen molar-refractivity contribution in [2.75, 3.05) is 0 Å². The van der Waals surface area contributed by atoms with Gasteiger partial charge in [-0.2, -0.15) is 0 Å². The van der Waals surface area contributed by atoms with E-state index in [1.165, 1.54) is 0 Å². The summed E-state index contributed by atoms with van der Waals surface area (Å²) in [7, 11) is 0. The minimum absolute atomic E-state index is 0.252. The third-order valence-corrected chi connectivity index (χ3v) is 2.59. The number of rotatable bonds is 0. The highest BCUT2D eigenvalue weighted by atomic mass is 35.5. The van der Waals surface area contributed by atoms with E-state index in [1.807, 2.05) is 25.2 Å². The van der Waals surface area contributed by atoms with Crippen molar-refractivity contribution in [1.82, 2.24) is 0 Å². The molecule has 0 unspecified atom stereocenters. The van der Waals surface area contributed by atoms with Crippen molar-refractivity contribution in [2.24, 2.45) is 5.92 Å². The van der Waals surface area contributed by atoms with Gasteiger partial charge < -0.3 is 0 Å². The molecule has 0 aromatic heterocycles. The van der Waals surface area contributed by atoms with Crippen LogP contribution in [0, 0.1) is 5.92 Å². The van der Waals surface area contributed by atoms with Crippen LogP contribution in [0.3, 0.4) is 0 Å². The van der Waals surface area contributed by atoms with Crippen LogP contribution < -0.4 is 0 Å². The van der Waals surface area contributed by atoms with Crippen molar-refractivity contribution in [3.63, 3.8) is 0 Å². The average molecular weight is 177 g/mol. The van der Waals surface area contributed by atoms with Crippen LogP contribution in [0.1, 0.15) is 13.8 Å². The Morgan fingerprint density at radius 1 is 1.60 bits per heavy atom. The second-order valence-electron chi connectivity index (χ2n) is 2.82. The SMILES string of the molecule is C[C@H]1C=C(Cl)C=C[C@@]1(C)Cl. The molecule has 10 heavy (non-hydrogen) atoms. The van der Waals surface area contributed by atoms with Gasteiger partial charge in [0.05, 0.1) is 4.87 Å². The van der Waals surface area contributed by atoms with Crippen molar-refractivity contribution >= 4 is 23.2 Å². The average Bonchev–Trinajstić information content (AvgIpc) is 1.81. The third kappa shape index (κ3) is 1.56. The van der Waals surface area contributed by atoms with Gasteiger partial charge in [-0.05, 0) is 18.9 Å². The van der Waals surface area contributed by atoms with Gasteiger partial charge in [-0.1, -0.05) is 30.7 Å². The molecule has 1 aliphatic rings. The Morgan fingerprint density at radius 3 is 2.60 bits per heavy atom. The molecule has 2 heteroatoms. The molecule has 0 aliphatic heterocycles. The molecular formula is C8H10Cl2. The van der Waals surface area contributed by atoms with Gasteiger partial charge in [0, 0.05) is 5.03 Å². The van der Waals surface area contributed by atoms with E-state index in [-0.39, 0.29) is 4.87 Å². The molecular weight excluding hydrogens is 167 g/mol. The minimum Gasteiger partial charge on any atom is -0.114 e. The van der Waals surface area contributed by atoms with Crippen LogP contribution >= 0.6 is 23.2 Å². The Bertz CT molecular complexity index is 189. The predicted molar refractivity (Wildman–Crippen MR) is 46.5 cm³/mol. The lowest BCUT2D eigenvalue weighted by molar-refractivity contribution is 0.588. The van der Waals surface area contributed by atoms with Crippen LogP contribution in [0.5, 0.6) is 0 Å². The topological polar surface area (TPSA) is 0 Å². The fraction of sp³-hybridized carbons (Fsp3) is 0.500. The van der Waals surface area contributed by atoms with E-state index in [0.717, 1.165) is 5.03 Å². The molecule has 0 radical (unpaired) electrons. The summed E-state index contributed by atoms with van der Waals surface area (Å²) in [6.45, 7) is 4.04. The van der Waals surface area contributed by atoms with Gasteiger partial charge >= 0.3 is 0 Å². The number of alkyl halides is 1. The third-order valence-electron chi connectivity index (χ3n) is 1.87. The summed E-state index contributed by atoms with van der Waals surface area (Å²) >= 11 is 11.9. The van der Waals surface area contributed by atoms with E-state index in [4.69, 9.17) is 23.2 Å². The molecule has 56 valence electrons. The maximum Gasteiger partial charge on any atom is 0.0661 e. The quantitative estimate of drug-likeness (QED) is 0.498. The molecule has 0 saturated carbocycles. The second kappa shape index (κ2) is 2.60. The zero-order valence-corrected chi connectivity index (χ0v) is 7.58. The molecule has 0 bridgehead atoms. The molecule has 1 rings (SSSR count). The Hall–Kier alpha value is 0.0600. The maximum atomic E-state index is 6.10. The van der Waals surface area contributed by atoms with Crippen molar-refractivity contribution in [2.45, 2.75) is 18.7 Å². The molecule has 1 aliphatic carbocycles. The molecule has 0 saturated heterocycles. The van der Waals surface area contributed by atoms with Gasteiger partial charge in [0.1, 0.15) is 0 Å². The fourth-order valence-electron chi connectivity index (χ4n) is 0.852. The van der Waals surface area contributed by atoms with Crippen molar-refractivity contribution in [1.29, 1.82) is 0 Å². The van der Waals surface area contributed by atoms with Crippen LogP contribution in [0.4, 0.5) is 0 Å². The van der Waals surface area contributed by atoms with Crippen LogP contribution in [0.25, 0.3) is 0 Å². The lowest BCUT2D eigenvalue weighted by Gasteiger charge is -2.26. The van der Waals surface area contributed by atoms with Gasteiger partial charge in [0.25, 0.3) is 0 Å². The van der Waals surface area contributed by atoms with Gasteiger partial charge in [-0.15, -0.1) is 11.6 Å². The van der Waals surface area contributed by atoms with Gasteiger partial charge in [-0.25, -0.2) is 0 Å². The molecule has 2 atom stereocenters. The van der Waals surface area contributed by atoms with E-state index < -0.39 is 0 Å². The van der Waals surface area contributed by atoms with Crippen LogP contribution in [-0.2, 0) is 0 Å². The zero-order chi connectivity index (χ0) is 7.78. The standard InChI is InChI=1S/C8H10Cl2/c1-6-5-7(9)3-4-8(6,2)10/h3-6H,1-2H3/t6-,8+/m0/s1. The summed E-state index contributed by atoms with van der Waals surface area (Å²) in [5.41, 5.74) is 0. The first-order valence-corrected chi connectivity index (χ1v) is 4.03. The number of allylic oxidation sites excluding steroid dienone is 4. The smallest absolute Gasteiger partial charge is 0.0661 e. The highest BCUT2D eigenvalue weighted by Crippen LogP contribution is 2.33. The Morgan fingerprint density at radius 2 is 2.20 bits per heavy atom. The summed E-state index contributed by atoms with van der Waals surface area (Å²) in [5.74, 6) is 0.312. The summed E-state index contributed by atoms with van der Waals surface area (Å²) in [6.07, 6.45) is 5.74. The first-order chi connectivity index (χ1) is 4.52. The molecule has 0 nitrogen and oxygen atoms in total. The summed E-state index contributed by atoms with van der Waals surface area (Å²) in [6, 6.07) is 0. The fourth-order valence-corrected chi connectivity index (χ4v) is 1.23. The highest BCUT2D eigenvalue weighted by Gasteiger charge is 2.26. The Labute approximate surface area is 71.5 Å². The lowest BCUT2D eigenvalue weighted by Crippen LogP contribution is -2.23. The van der Waals surface area contributed by atoms with Crippen molar-refractivity contribution in [3.05, 3.63) is 23.3 Å². The van der Waals surface area contributed by atoms with Gasteiger partial charge in [0.15, 0.2) is 0 Å². The number of hydrogen-bond donors (Lipinski definition) is 0. The van der Waals surface area contributed by atoms with E-state index in [9.17, 15) is 0 Å². The molecule has 0 fully saturated rings. The highest BCUT2D eigenvalue weighted by molar-refractivity contribution is 6.32. The first-order valence-electron chi connectivity index (χ1n) is 3.28. The maximum absolute atomic E-state index is 6.10. The summed E-state index contributed by atoms with van der Waals surface area (Å²) in [4.78, 5) is -0.252. The second-order valence-corrected chi connectivity index (χ2v) is 4.08. The molecule has 0 spiro atoms. The molecule has 0 heterocycles. The lowest BCUT2D eigenvalue weighted by atomic mass is 9.91. The van der Waals surface area contributed by atoms with Crippen molar-refractivity contribution < 1.29 is 0 Å². The van der Waals surface area contributed by atoms with Crippen molar-refractivity contribution in [3.8, 4) is 0 Å². The first kappa shape index (κ1) is 8.16. The van der Waals surface area contributed by atoms with Crippen LogP contribution in [0.2, 0.25) is 0 Å². The Balaban J connectivity index is 2.84. The van der Waals surface area contributed by atoms with E-state index in [0.29, 0.717) is 5.92 Å². The molecule has 0 amide bonds. The molecule has 0 aromatic carbocycles. The number of hydrogen-bond acceptors (Lipinski definition) is 0. The summed E-state index contributed by atoms with van der Waals surface area (Å²) in [5, 5.41) is 0.783. The van der Waals surface area contributed by atoms with Crippen LogP contribution in [0.15, 0.2) is 23.3 Å². The minimum atomic E-state index is -0.252. The predicted octanol–water partition coefficient (Wildman–Crippen LogP) is 3.31. The molecule has 0 N–H and O–H groups in total. The van der Waals surface area contributed by atoms with E-state index in [1.54, 1.807) is 0 Å². The normalized spacial score (nSPS) is 39.6. The summed E-state index contributed by atoms with van der Waals surface area (Å²) < 4.78 is 0. The van der Waals surface area contributed by atoms with Gasteiger partial charge in [-0.3, -0.25) is 0 Å².